The number of hydrogen-bond donors (Lipinski definition) is 1. The first-order chi connectivity index (χ1) is 9.51. The summed E-state index contributed by atoms with van der Waals surface area (Å²) in [5, 5.41) is 3.37. The molecule has 1 aromatic carbocycles. The van der Waals surface area contributed by atoms with Gasteiger partial charge in [0.15, 0.2) is 0 Å². The first-order valence-electron chi connectivity index (χ1n) is 7.61. The monoisotopic (exact) mass is 279 g/mol. The largest absolute Gasteiger partial charge is 0.489 e. The van der Waals surface area contributed by atoms with Crippen LogP contribution in [0.2, 0.25) is 0 Å². The molecule has 0 aromatic heterocycles. The van der Waals surface area contributed by atoms with Crippen molar-refractivity contribution in [3.05, 3.63) is 29.6 Å². The van der Waals surface area contributed by atoms with Gasteiger partial charge in [0.25, 0.3) is 0 Å². The Bertz CT molecular complexity index is 447. The third-order valence-corrected chi connectivity index (χ3v) is 4.56. The Labute approximate surface area is 121 Å². The van der Waals surface area contributed by atoms with Gasteiger partial charge < -0.3 is 10.1 Å². The highest BCUT2D eigenvalue weighted by Crippen LogP contribution is 2.33. The molecule has 3 heteroatoms. The third kappa shape index (κ3) is 3.51. The summed E-state index contributed by atoms with van der Waals surface area (Å²) in [6.45, 7) is 6.46. The van der Waals surface area contributed by atoms with Crippen LogP contribution in [0.15, 0.2) is 18.2 Å². The van der Waals surface area contributed by atoms with Crippen LogP contribution in [-0.2, 0) is 0 Å². The first kappa shape index (κ1) is 15.3. The summed E-state index contributed by atoms with van der Waals surface area (Å²) in [4.78, 5) is 0. The number of hydrogen-bond acceptors (Lipinski definition) is 2. The maximum atomic E-state index is 13.2. The Balaban J connectivity index is 2.11. The number of halogens is 1. The summed E-state index contributed by atoms with van der Waals surface area (Å²) in [5.41, 5.74) is 0.867. The van der Waals surface area contributed by atoms with Gasteiger partial charge in [-0.05, 0) is 68.8 Å². The van der Waals surface area contributed by atoms with E-state index in [0.717, 1.165) is 24.2 Å². The fourth-order valence-electron chi connectivity index (χ4n) is 3.13. The van der Waals surface area contributed by atoms with Gasteiger partial charge in [0.1, 0.15) is 17.7 Å². The number of aryl methyl sites for hydroxylation is 1. The number of ether oxygens (including phenoxy) is 1. The Hall–Kier alpha value is -1.09. The summed E-state index contributed by atoms with van der Waals surface area (Å²) in [7, 11) is 1.99. The SMILES string of the molecule is CNC1CCC(C(C)C)CC1Oc1ccc(F)cc1C. The van der Waals surface area contributed by atoms with Gasteiger partial charge in [-0.25, -0.2) is 4.39 Å². The Morgan fingerprint density at radius 3 is 2.65 bits per heavy atom. The highest BCUT2D eigenvalue weighted by Gasteiger charge is 2.32. The van der Waals surface area contributed by atoms with E-state index in [1.54, 1.807) is 6.07 Å². The van der Waals surface area contributed by atoms with Gasteiger partial charge in [-0.1, -0.05) is 13.8 Å². The van der Waals surface area contributed by atoms with Gasteiger partial charge in [0.2, 0.25) is 0 Å². The third-order valence-electron chi connectivity index (χ3n) is 4.56. The molecule has 1 aliphatic carbocycles. The normalized spacial score (nSPS) is 26.8. The lowest BCUT2D eigenvalue weighted by Gasteiger charge is -2.38. The van der Waals surface area contributed by atoms with E-state index in [2.05, 4.69) is 19.2 Å². The molecule has 0 amide bonds. The van der Waals surface area contributed by atoms with Crippen molar-refractivity contribution < 1.29 is 9.13 Å². The van der Waals surface area contributed by atoms with Crippen molar-refractivity contribution in [1.82, 2.24) is 5.32 Å². The summed E-state index contributed by atoms with van der Waals surface area (Å²) >= 11 is 0. The van der Waals surface area contributed by atoms with Crippen molar-refractivity contribution in [2.24, 2.45) is 11.8 Å². The molecule has 1 N–H and O–H groups in total. The predicted octanol–water partition coefficient (Wildman–Crippen LogP) is 3.93. The van der Waals surface area contributed by atoms with Crippen molar-refractivity contribution in [3.63, 3.8) is 0 Å². The fraction of sp³-hybridized carbons (Fsp3) is 0.647. The predicted molar refractivity (Wildman–Crippen MR) is 80.6 cm³/mol. The average Bonchev–Trinajstić information content (AvgIpc) is 2.41. The molecule has 112 valence electrons. The van der Waals surface area contributed by atoms with Gasteiger partial charge in [-0.15, -0.1) is 0 Å². The standard InChI is InChI=1S/C17H26FNO/c1-11(2)13-5-7-15(19-4)17(10-13)20-16-8-6-14(18)9-12(16)3/h6,8-9,11,13,15,17,19H,5,7,10H2,1-4H3. The van der Waals surface area contributed by atoms with E-state index < -0.39 is 0 Å². The smallest absolute Gasteiger partial charge is 0.123 e. The van der Waals surface area contributed by atoms with Crippen molar-refractivity contribution >= 4 is 0 Å². The quantitative estimate of drug-likeness (QED) is 0.902. The summed E-state index contributed by atoms with van der Waals surface area (Å²) in [6, 6.07) is 5.14. The molecule has 20 heavy (non-hydrogen) atoms. The zero-order valence-electron chi connectivity index (χ0n) is 12.9. The molecule has 1 aromatic rings. The van der Waals surface area contributed by atoms with Gasteiger partial charge >= 0.3 is 0 Å². The fourth-order valence-corrected chi connectivity index (χ4v) is 3.13. The molecule has 0 bridgehead atoms. The maximum absolute atomic E-state index is 13.2. The zero-order chi connectivity index (χ0) is 14.7. The average molecular weight is 279 g/mol. The van der Waals surface area contributed by atoms with E-state index in [9.17, 15) is 4.39 Å². The van der Waals surface area contributed by atoms with Crippen LogP contribution in [0.3, 0.4) is 0 Å². The Morgan fingerprint density at radius 1 is 1.30 bits per heavy atom. The summed E-state index contributed by atoms with van der Waals surface area (Å²) < 4.78 is 19.4. The van der Waals surface area contributed by atoms with E-state index in [0.29, 0.717) is 17.9 Å². The number of likely N-dealkylation sites (N-methyl/N-ethyl adjacent to an activating group) is 1. The second-order valence-electron chi connectivity index (χ2n) is 6.28. The van der Waals surface area contributed by atoms with Crippen molar-refractivity contribution in [1.29, 1.82) is 0 Å². The van der Waals surface area contributed by atoms with E-state index in [1.165, 1.54) is 18.6 Å². The molecule has 1 fully saturated rings. The lowest BCUT2D eigenvalue weighted by Crippen LogP contribution is -2.46. The van der Waals surface area contributed by atoms with E-state index in [4.69, 9.17) is 4.74 Å². The second kappa shape index (κ2) is 6.57. The van der Waals surface area contributed by atoms with Crippen LogP contribution >= 0.6 is 0 Å². The van der Waals surface area contributed by atoms with Crippen LogP contribution in [0.1, 0.15) is 38.7 Å². The number of nitrogens with one attached hydrogen (secondary N) is 1. The van der Waals surface area contributed by atoms with E-state index in [-0.39, 0.29) is 11.9 Å². The molecule has 0 aliphatic heterocycles. The molecule has 0 spiro atoms. The van der Waals surface area contributed by atoms with Gasteiger partial charge in [-0.3, -0.25) is 0 Å². The highest BCUT2D eigenvalue weighted by atomic mass is 19.1. The molecule has 1 saturated carbocycles. The topological polar surface area (TPSA) is 21.3 Å². The molecular weight excluding hydrogens is 253 g/mol. The molecule has 2 nitrogen and oxygen atoms in total. The first-order valence-corrected chi connectivity index (χ1v) is 7.61. The van der Waals surface area contributed by atoms with E-state index in [1.807, 2.05) is 14.0 Å². The van der Waals surface area contributed by atoms with Crippen LogP contribution in [0.25, 0.3) is 0 Å². The van der Waals surface area contributed by atoms with Gasteiger partial charge in [0, 0.05) is 6.04 Å². The molecule has 2 rings (SSSR count). The molecule has 1 aliphatic rings. The lowest BCUT2D eigenvalue weighted by atomic mass is 9.78. The van der Waals surface area contributed by atoms with Crippen molar-refractivity contribution in [3.8, 4) is 5.75 Å². The summed E-state index contributed by atoms with van der Waals surface area (Å²) in [5.74, 6) is 2.00. The zero-order valence-corrected chi connectivity index (χ0v) is 12.9. The van der Waals surface area contributed by atoms with Gasteiger partial charge in [-0.2, -0.15) is 0 Å². The Morgan fingerprint density at radius 2 is 2.05 bits per heavy atom. The van der Waals surface area contributed by atoms with Crippen LogP contribution in [0.4, 0.5) is 4.39 Å². The van der Waals surface area contributed by atoms with Crippen LogP contribution in [0, 0.1) is 24.6 Å². The molecule has 0 saturated heterocycles. The molecule has 3 unspecified atom stereocenters. The van der Waals surface area contributed by atoms with Crippen LogP contribution in [0.5, 0.6) is 5.75 Å². The lowest BCUT2D eigenvalue weighted by molar-refractivity contribution is 0.0743. The molecular formula is C17H26FNO. The number of benzene rings is 1. The van der Waals surface area contributed by atoms with E-state index >= 15 is 0 Å². The van der Waals surface area contributed by atoms with Crippen molar-refractivity contribution in [2.45, 2.75) is 52.2 Å². The minimum atomic E-state index is -0.205. The highest BCUT2D eigenvalue weighted by molar-refractivity contribution is 5.33. The maximum Gasteiger partial charge on any atom is 0.123 e. The second-order valence-corrected chi connectivity index (χ2v) is 6.28. The van der Waals surface area contributed by atoms with Crippen LogP contribution in [-0.4, -0.2) is 19.2 Å². The summed E-state index contributed by atoms with van der Waals surface area (Å²) in [6.07, 6.45) is 3.64. The molecule has 3 atom stereocenters. The minimum absolute atomic E-state index is 0.172. The molecule has 0 heterocycles. The number of rotatable bonds is 4. The van der Waals surface area contributed by atoms with Crippen LogP contribution < -0.4 is 10.1 Å². The Kier molecular flexibility index (Phi) is 5.03. The molecule has 0 radical (unpaired) electrons. The van der Waals surface area contributed by atoms with Crippen molar-refractivity contribution in [2.75, 3.05) is 7.05 Å². The minimum Gasteiger partial charge on any atom is -0.489 e. The van der Waals surface area contributed by atoms with Gasteiger partial charge in [0.05, 0.1) is 0 Å².